The minimum absolute atomic E-state index is 0.0398. The quantitative estimate of drug-likeness (QED) is 0.505. The van der Waals surface area contributed by atoms with Crippen LogP contribution in [0.2, 0.25) is 0 Å². The van der Waals surface area contributed by atoms with Crippen LogP contribution < -0.4 is 4.74 Å². The average molecular weight is 428 g/mol. The van der Waals surface area contributed by atoms with Gasteiger partial charge in [-0.1, -0.05) is 15.9 Å². The summed E-state index contributed by atoms with van der Waals surface area (Å²) in [5.41, 5.74) is 0.0770. The van der Waals surface area contributed by atoms with Crippen molar-refractivity contribution >= 4 is 27.7 Å². The van der Waals surface area contributed by atoms with Crippen molar-refractivity contribution in [1.29, 1.82) is 0 Å². The Hall–Kier alpha value is -1.87. The average Bonchev–Trinajstić information content (AvgIpc) is 2.71. The predicted octanol–water partition coefficient (Wildman–Crippen LogP) is 3.17. The van der Waals surface area contributed by atoms with E-state index in [9.17, 15) is 14.9 Å². The molecule has 0 radical (unpaired) electrons. The summed E-state index contributed by atoms with van der Waals surface area (Å²) in [6, 6.07) is 3.22. The number of nitro groups is 1. The first-order valence-electron chi connectivity index (χ1n) is 8.45. The van der Waals surface area contributed by atoms with Gasteiger partial charge in [0.15, 0.2) is 0 Å². The SMILES string of the molecule is CC(C)(C)OC(=O)N1CCN2Cc3c(cc(Br)cc3[N+](=O)[O-])OC[C@H]2C1. The first kappa shape index (κ1) is 18.9. The van der Waals surface area contributed by atoms with Crippen LogP contribution in [0.25, 0.3) is 0 Å². The normalized spacial score (nSPS) is 20.5. The molecule has 142 valence electrons. The molecule has 0 aromatic heterocycles. The van der Waals surface area contributed by atoms with Crippen LogP contribution in [-0.2, 0) is 11.3 Å². The van der Waals surface area contributed by atoms with Crippen LogP contribution in [0, 0.1) is 10.1 Å². The topological polar surface area (TPSA) is 85.2 Å². The highest BCUT2D eigenvalue weighted by atomic mass is 79.9. The van der Waals surface area contributed by atoms with E-state index in [4.69, 9.17) is 9.47 Å². The Morgan fingerprint density at radius 3 is 2.77 bits per heavy atom. The molecule has 2 aliphatic rings. The van der Waals surface area contributed by atoms with Crippen LogP contribution in [0.5, 0.6) is 5.75 Å². The number of amides is 1. The molecular weight excluding hydrogens is 406 g/mol. The van der Waals surface area contributed by atoms with Crippen molar-refractivity contribution in [3.05, 3.63) is 32.3 Å². The number of benzene rings is 1. The smallest absolute Gasteiger partial charge is 0.410 e. The number of fused-ring (bicyclic) bond motifs is 2. The molecule has 0 N–H and O–H groups in total. The molecule has 9 heteroatoms. The third-order valence-corrected chi connectivity index (χ3v) is 4.85. The van der Waals surface area contributed by atoms with Crippen molar-refractivity contribution in [1.82, 2.24) is 9.80 Å². The molecule has 0 spiro atoms. The Bertz CT molecular complexity index is 734. The maximum atomic E-state index is 12.3. The van der Waals surface area contributed by atoms with Gasteiger partial charge in [-0.05, 0) is 26.8 Å². The van der Waals surface area contributed by atoms with Crippen molar-refractivity contribution in [3.8, 4) is 5.75 Å². The first-order valence-corrected chi connectivity index (χ1v) is 9.25. The van der Waals surface area contributed by atoms with Crippen LogP contribution in [-0.4, -0.2) is 58.7 Å². The monoisotopic (exact) mass is 427 g/mol. The molecule has 1 atom stereocenters. The summed E-state index contributed by atoms with van der Waals surface area (Å²) in [5.74, 6) is 0.518. The van der Waals surface area contributed by atoms with E-state index in [0.717, 1.165) is 0 Å². The molecule has 0 aliphatic carbocycles. The third kappa shape index (κ3) is 4.09. The van der Waals surface area contributed by atoms with Crippen LogP contribution >= 0.6 is 15.9 Å². The molecule has 1 amide bonds. The van der Waals surface area contributed by atoms with Gasteiger partial charge in [-0.3, -0.25) is 15.0 Å². The fourth-order valence-corrected chi connectivity index (χ4v) is 3.61. The van der Waals surface area contributed by atoms with Crippen molar-refractivity contribution in [2.24, 2.45) is 0 Å². The van der Waals surface area contributed by atoms with Crippen LogP contribution in [0.4, 0.5) is 10.5 Å². The summed E-state index contributed by atoms with van der Waals surface area (Å²) in [5, 5.41) is 11.4. The van der Waals surface area contributed by atoms with Crippen molar-refractivity contribution < 1.29 is 19.2 Å². The van der Waals surface area contributed by atoms with E-state index >= 15 is 0 Å². The zero-order chi connectivity index (χ0) is 19.1. The van der Waals surface area contributed by atoms with Gasteiger partial charge in [0.2, 0.25) is 0 Å². The lowest BCUT2D eigenvalue weighted by molar-refractivity contribution is -0.385. The van der Waals surface area contributed by atoms with E-state index < -0.39 is 5.60 Å². The van der Waals surface area contributed by atoms with Gasteiger partial charge in [-0.2, -0.15) is 0 Å². The van der Waals surface area contributed by atoms with Gasteiger partial charge < -0.3 is 14.4 Å². The fourth-order valence-electron chi connectivity index (χ4n) is 3.19. The Morgan fingerprint density at radius 2 is 2.12 bits per heavy atom. The molecule has 1 fully saturated rings. The van der Waals surface area contributed by atoms with Gasteiger partial charge in [0, 0.05) is 36.7 Å². The number of ether oxygens (including phenoxy) is 2. The highest BCUT2D eigenvalue weighted by Crippen LogP contribution is 2.36. The molecule has 0 unspecified atom stereocenters. The van der Waals surface area contributed by atoms with Crippen molar-refractivity contribution in [2.45, 2.75) is 39.0 Å². The van der Waals surface area contributed by atoms with Gasteiger partial charge in [0.1, 0.15) is 18.0 Å². The van der Waals surface area contributed by atoms with Gasteiger partial charge >= 0.3 is 6.09 Å². The van der Waals surface area contributed by atoms with Gasteiger partial charge in [0.25, 0.3) is 5.69 Å². The summed E-state index contributed by atoms with van der Waals surface area (Å²) < 4.78 is 11.9. The second kappa shape index (κ2) is 7.03. The third-order valence-electron chi connectivity index (χ3n) is 4.40. The summed E-state index contributed by atoms with van der Waals surface area (Å²) in [6.45, 7) is 7.89. The minimum atomic E-state index is -0.544. The molecule has 26 heavy (non-hydrogen) atoms. The predicted molar refractivity (Wildman–Crippen MR) is 98.3 cm³/mol. The minimum Gasteiger partial charge on any atom is -0.491 e. The van der Waals surface area contributed by atoms with Gasteiger partial charge in [0.05, 0.1) is 16.5 Å². The Labute approximate surface area is 160 Å². The van der Waals surface area contributed by atoms with E-state index in [1.807, 2.05) is 20.8 Å². The highest BCUT2D eigenvalue weighted by Gasteiger charge is 2.36. The molecule has 0 saturated carbocycles. The summed E-state index contributed by atoms with van der Waals surface area (Å²) in [7, 11) is 0. The van der Waals surface area contributed by atoms with E-state index in [1.165, 1.54) is 6.07 Å². The molecular formula is C17H22BrN3O5. The Balaban J connectivity index is 1.78. The van der Waals surface area contributed by atoms with Crippen LogP contribution in [0.15, 0.2) is 16.6 Å². The number of piperazine rings is 1. The zero-order valence-electron chi connectivity index (χ0n) is 15.0. The van der Waals surface area contributed by atoms with E-state index in [-0.39, 0.29) is 22.7 Å². The summed E-state index contributed by atoms with van der Waals surface area (Å²) in [4.78, 5) is 27.2. The van der Waals surface area contributed by atoms with Gasteiger partial charge in [-0.25, -0.2) is 4.79 Å². The summed E-state index contributed by atoms with van der Waals surface area (Å²) >= 11 is 3.30. The van der Waals surface area contributed by atoms with Crippen molar-refractivity contribution in [3.63, 3.8) is 0 Å². The molecule has 2 heterocycles. The molecule has 3 rings (SSSR count). The lowest BCUT2D eigenvalue weighted by Gasteiger charge is -2.40. The Kier molecular flexibility index (Phi) is 5.12. The summed E-state index contributed by atoms with van der Waals surface area (Å²) in [6.07, 6.45) is -0.340. The second-order valence-corrected chi connectivity index (χ2v) is 8.44. The lowest BCUT2D eigenvalue weighted by Crippen LogP contribution is -2.56. The maximum absolute atomic E-state index is 12.3. The van der Waals surface area contributed by atoms with Crippen molar-refractivity contribution in [2.75, 3.05) is 26.2 Å². The lowest BCUT2D eigenvalue weighted by atomic mass is 10.1. The largest absolute Gasteiger partial charge is 0.491 e. The molecule has 1 aromatic rings. The maximum Gasteiger partial charge on any atom is 0.410 e. The van der Waals surface area contributed by atoms with E-state index in [2.05, 4.69) is 20.8 Å². The number of carbonyl (C=O) groups is 1. The fraction of sp³-hybridized carbons (Fsp3) is 0.588. The zero-order valence-corrected chi connectivity index (χ0v) is 16.6. The molecule has 8 nitrogen and oxygen atoms in total. The number of nitro benzene ring substituents is 1. The van der Waals surface area contributed by atoms with Gasteiger partial charge in [-0.15, -0.1) is 0 Å². The number of hydrogen-bond acceptors (Lipinski definition) is 6. The van der Waals surface area contributed by atoms with Crippen LogP contribution in [0.3, 0.4) is 0 Å². The molecule has 0 bridgehead atoms. The number of hydrogen-bond donors (Lipinski definition) is 0. The van der Waals surface area contributed by atoms with E-state index in [1.54, 1.807) is 11.0 Å². The van der Waals surface area contributed by atoms with Crippen LogP contribution in [0.1, 0.15) is 26.3 Å². The number of carbonyl (C=O) groups excluding carboxylic acids is 1. The number of nitrogens with zero attached hydrogens (tertiary/aromatic N) is 3. The first-order chi connectivity index (χ1) is 12.1. The molecule has 2 aliphatic heterocycles. The Morgan fingerprint density at radius 1 is 1.38 bits per heavy atom. The highest BCUT2D eigenvalue weighted by molar-refractivity contribution is 9.10. The number of halogens is 1. The standard InChI is InChI=1S/C17H22BrN3O5/c1-17(2,3)26-16(22)20-5-4-19-9-13-14(21(23)24)6-11(18)7-15(13)25-10-12(19)8-20/h6-7,12H,4-5,8-10H2,1-3H3/t12-/m1/s1. The molecule has 1 saturated heterocycles. The number of rotatable bonds is 1. The van der Waals surface area contributed by atoms with E-state index in [0.29, 0.717) is 48.6 Å². The molecule has 1 aromatic carbocycles. The second-order valence-electron chi connectivity index (χ2n) is 7.52.